The Balaban J connectivity index is 1.81. The molecule has 4 heteroatoms. The van der Waals surface area contributed by atoms with E-state index in [4.69, 9.17) is 21.1 Å². The normalized spacial score (nSPS) is 14.3. The fourth-order valence-electron chi connectivity index (χ4n) is 2.99. The van der Waals surface area contributed by atoms with Crippen LogP contribution >= 0.6 is 11.6 Å². The number of benzene rings is 2. The van der Waals surface area contributed by atoms with Crippen molar-refractivity contribution >= 4 is 29.0 Å². The van der Waals surface area contributed by atoms with Gasteiger partial charge in [0.15, 0.2) is 12.4 Å². The number of rotatable bonds is 3. The van der Waals surface area contributed by atoms with E-state index in [-0.39, 0.29) is 0 Å². The van der Waals surface area contributed by atoms with Crippen molar-refractivity contribution in [3.63, 3.8) is 0 Å². The number of hydrogen-bond acceptors (Lipinski definition) is 2. The summed E-state index contributed by atoms with van der Waals surface area (Å²) in [6.07, 6.45) is 8.24. The molecule has 0 N–H and O–H groups in total. The van der Waals surface area contributed by atoms with Gasteiger partial charge in [-0.25, -0.2) is 4.57 Å². The minimum Gasteiger partial charge on any atom is -0.497 e. The smallest absolute Gasteiger partial charge is 0.169 e. The van der Waals surface area contributed by atoms with E-state index in [0.717, 1.165) is 39.5 Å². The molecule has 0 fully saturated rings. The Labute approximate surface area is 163 Å². The van der Waals surface area contributed by atoms with Gasteiger partial charge in [0.1, 0.15) is 24.3 Å². The van der Waals surface area contributed by atoms with Crippen molar-refractivity contribution < 1.29 is 14.0 Å². The van der Waals surface area contributed by atoms with Crippen LogP contribution < -0.4 is 14.0 Å². The molecule has 1 aromatic heterocycles. The van der Waals surface area contributed by atoms with Crippen LogP contribution in [0, 0.1) is 0 Å². The van der Waals surface area contributed by atoms with Crippen LogP contribution in [0.3, 0.4) is 0 Å². The van der Waals surface area contributed by atoms with Crippen LogP contribution in [0.25, 0.3) is 17.4 Å². The highest BCUT2D eigenvalue weighted by atomic mass is 35.5. The standard InChI is InChI=1S/C23H19ClNO2/c1-25-11-9-16(10-12-25)13-18-14-23(17-3-6-20(26-2)7-4-17)27-22-8-5-19(24)15-21(18)22/h3-15H,1-2H3/q+1/b18-13+. The molecule has 0 bridgehead atoms. The van der Waals surface area contributed by atoms with Gasteiger partial charge in [0, 0.05) is 28.3 Å². The van der Waals surface area contributed by atoms with Crippen molar-refractivity contribution in [2.24, 2.45) is 7.05 Å². The highest BCUT2D eigenvalue weighted by molar-refractivity contribution is 6.30. The van der Waals surface area contributed by atoms with E-state index in [0.29, 0.717) is 5.02 Å². The predicted octanol–water partition coefficient (Wildman–Crippen LogP) is 5.15. The van der Waals surface area contributed by atoms with Crippen LogP contribution in [0.5, 0.6) is 11.5 Å². The lowest BCUT2D eigenvalue weighted by molar-refractivity contribution is -0.671. The number of nitrogens with zero attached hydrogens (tertiary/aromatic N) is 1. The first-order valence-electron chi connectivity index (χ1n) is 8.63. The van der Waals surface area contributed by atoms with Gasteiger partial charge in [-0.2, -0.15) is 0 Å². The van der Waals surface area contributed by atoms with Gasteiger partial charge >= 0.3 is 0 Å². The zero-order valence-electron chi connectivity index (χ0n) is 15.1. The molecular weight excluding hydrogens is 358 g/mol. The monoisotopic (exact) mass is 376 g/mol. The summed E-state index contributed by atoms with van der Waals surface area (Å²) in [5, 5.41) is 0.684. The molecule has 0 spiro atoms. The first kappa shape index (κ1) is 17.4. The number of methoxy groups -OCH3 is 1. The lowest BCUT2D eigenvalue weighted by Crippen LogP contribution is -2.25. The van der Waals surface area contributed by atoms with E-state index in [1.807, 2.05) is 72.5 Å². The number of aryl methyl sites for hydroxylation is 1. The summed E-state index contributed by atoms with van der Waals surface area (Å²) < 4.78 is 13.4. The minimum absolute atomic E-state index is 0.684. The Morgan fingerprint density at radius 3 is 2.44 bits per heavy atom. The number of pyridine rings is 1. The average Bonchev–Trinajstić information content (AvgIpc) is 2.70. The Hall–Kier alpha value is -3.04. The maximum absolute atomic E-state index is 6.23. The van der Waals surface area contributed by atoms with Crippen molar-refractivity contribution in [1.82, 2.24) is 0 Å². The van der Waals surface area contributed by atoms with Gasteiger partial charge in [-0.15, -0.1) is 0 Å². The molecule has 0 amide bonds. The molecule has 1 aliphatic rings. The topological polar surface area (TPSA) is 22.3 Å². The van der Waals surface area contributed by atoms with Crippen molar-refractivity contribution in [2.75, 3.05) is 7.11 Å². The second-order valence-corrected chi connectivity index (χ2v) is 6.81. The number of aromatic nitrogens is 1. The molecule has 134 valence electrons. The van der Waals surface area contributed by atoms with Crippen molar-refractivity contribution in [3.05, 3.63) is 94.8 Å². The Morgan fingerprint density at radius 2 is 1.74 bits per heavy atom. The molecule has 2 heterocycles. The molecule has 0 saturated heterocycles. The Bertz CT molecular complexity index is 1030. The molecule has 3 aromatic rings. The van der Waals surface area contributed by atoms with Crippen LogP contribution in [-0.4, -0.2) is 7.11 Å². The van der Waals surface area contributed by atoms with E-state index < -0.39 is 0 Å². The molecule has 27 heavy (non-hydrogen) atoms. The minimum atomic E-state index is 0.684. The summed E-state index contributed by atoms with van der Waals surface area (Å²) >= 11 is 6.23. The predicted molar refractivity (Wildman–Crippen MR) is 109 cm³/mol. The molecule has 0 radical (unpaired) electrons. The summed E-state index contributed by atoms with van der Waals surface area (Å²) in [5.41, 5.74) is 4.13. The second-order valence-electron chi connectivity index (χ2n) is 6.38. The van der Waals surface area contributed by atoms with E-state index in [2.05, 4.69) is 18.2 Å². The summed E-state index contributed by atoms with van der Waals surface area (Å²) in [4.78, 5) is 0. The van der Waals surface area contributed by atoms with Crippen LogP contribution in [0.2, 0.25) is 5.02 Å². The van der Waals surface area contributed by atoms with Crippen molar-refractivity contribution in [1.29, 1.82) is 0 Å². The van der Waals surface area contributed by atoms with E-state index in [9.17, 15) is 0 Å². The Kier molecular flexibility index (Phi) is 4.69. The van der Waals surface area contributed by atoms with Crippen LogP contribution in [0.15, 0.2) is 73.1 Å². The third-order valence-corrected chi connectivity index (χ3v) is 4.70. The third kappa shape index (κ3) is 3.74. The summed E-state index contributed by atoms with van der Waals surface area (Å²) in [7, 11) is 3.66. The first-order valence-corrected chi connectivity index (χ1v) is 9.01. The Morgan fingerprint density at radius 1 is 1.00 bits per heavy atom. The second kappa shape index (κ2) is 7.29. The van der Waals surface area contributed by atoms with Gasteiger partial charge < -0.3 is 9.47 Å². The van der Waals surface area contributed by atoms with E-state index in [1.54, 1.807) is 7.11 Å². The van der Waals surface area contributed by atoms with Gasteiger partial charge in [0.05, 0.1) is 7.11 Å². The highest BCUT2D eigenvalue weighted by Crippen LogP contribution is 2.39. The molecule has 2 aromatic carbocycles. The maximum atomic E-state index is 6.23. The zero-order chi connectivity index (χ0) is 18.8. The van der Waals surface area contributed by atoms with Crippen LogP contribution in [0.4, 0.5) is 0 Å². The largest absolute Gasteiger partial charge is 0.497 e. The molecular formula is C23H19ClNO2+. The molecule has 3 nitrogen and oxygen atoms in total. The number of hydrogen-bond donors (Lipinski definition) is 0. The first-order chi connectivity index (χ1) is 13.1. The summed E-state index contributed by atoms with van der Waals surface area (Å²) in [5.74, 6) is 2.40. The van der Waals surface area contributed by atoms with Crippen LogP contribution in [-0.2, 0) is 7.05 Å². The fraction of sp³-hybridized carbons (Fsp3) is 0.0870. The molecule has 0 atom stereocenters. The summed E-state index contributed by atoms with van der Waals surface area (Å²) in [6.45, 7) is 0. The number of halogens is 1. The van der Waals surface area contributed by atoms with E-state index in [1.165, 1.54) is 0 Å². The van der Waals surface area contributed by atoms with Gasteiger partial charge in [-0.05, 0) is 65.8 Å². The van der Waals surface area contributed by atoms with Gasteiger partial charge in [-0.1, -0.05) is 11.6 Å². The number of ether oxygens (including phenoxy) is 2. The zero-order valence-corrected chi connectivity index (χ0v) is 15.9. The van der Waals surface area contributed by atoms with Crippen molar-refractivity contribution in [2.45, 2.75) is 0 Å². The molecule has 4 rings (SSSR count). The maximum Gasteiger partial charge on any atom is 0.169 e. The molecule has 0 aliphatic carbocycles. The van der Waals surface area contributed by atoms with E-state index >= 15 is 0 Å². The molecule has 0 unspecified atom stereocenters. The van der Waals surface area contributed by atoms with Crippen molar-refractivity contribution in [3.8, 4) is 11.5 Å². The summed E-state index contributed by atoms with van der Waals surface area (Å²) in [6, 6.07) is 17.7. The van der Waals surface area contributed by atoms with Gasteiger partial charge in [-0.3, -0.25) is 0 Å². The number of allylic oxidation sites excluding steroid dienone is 2. The SMILES string of the molecule is COc1ccc(C2=C/C(=C\c3cc[n+](C)cc3)c3cc(Cl)ccc3O2)cc1. The quantitative estimate of drug-likeness (QED) is 0.590. The van der Waals surface area contributed by atoms with Gasteiger partial charge in [0.2, 0.25) is 0 Å². The fourth-order valence-corrected chi connectivity index (χ4v) is 3.16. The van der Waals surface area contributed by atoms with Gasteiger partial charge in [0.25, 0.3) is 0 Å². The third-order valence-electron chi connectivity index (χ3n) is 4.46. The average molecular weight is 377 g/mol. The lowest BCUT2D eigenvalue weighted by Gasteiger charge is -2.21. The van der Waals surface area contributed by atoms with Crippen LogP contribution in [0.1, 0.15) is 16.7 Å². The highest BCUT2D eigenvalue weighted by Gasteiger charge is 2.18. The lowest BCUT2D eigenvalue weighted by atomic mass is 9.97. The molecule has 0 saturated carbocycles. The number of fused-ring (bicyclic) bond motifs is 1. The molecule has 1 aliphatic heterocycles.